The number of hydrogen-bond acceptors (Lipinski definition) is 3. The maximum Gasteiger partial charge on any atom is 0.422 e. The third-order valence-corrected chi connectivity index (χ3v) is 2.14. The largest absolute Gasteiger partial charge is 0.443 e. The Morgan fingerprint density at radius 3 is 2.45 bits per heavy atom. The van der Waals surface area contributed by atoms with Crippen LogP contribution in [-0.2, 0) is 17.5 Å². The first-order chi connectivity index (χ1) is 9.08. The van der Waals surface area contributed by atoms with Crippen LogP contribution in [0.5, 0.6) is 0 Å². The number of carbonyl (C=O) groups excluding carboxylic acids is 1. The quantitative estimate of drug-likeness (QED) is 0.840. The van der Waals surface area contributed by atoms with E-state index in [0.717, 1.165) is 12.1 Å². The fourth-order valence-electron chi connectivity index (χ4n) is 1.38. The van der Waals surface area contributed by atoms with Crippen molar-refractivity contribution in [2.75, 3.05) is 0 Å². The van der Waals surface area contributed by atoms with Crippen molar-refractivity contribution >= 4 is 6.09 Å². The van der Waals surface area contributed by atoms with E-state index in [2.05, 4.69) is 10.9 Å². The molecule has 1 amide bonds. The summed E-state index contributed by atoms with van der Waals surface area (Å²) in [5.74, 6) is 0. The van der Waals surface area contributed by atoms with Crippen LogP contribution in [0.15, 0.2) is 24.3 Å². The number of carbonyl (C=O) groups is 1. The van der Waals surface area contributed by atoms with Crippen molar-refractivity contribution in [3.05, 3.63) is 35.4 Å². The number of nitrogens with one attached hydrogen (secondary N) is 2. The first-order valence-electron chi connectivity index (χ1n) is 5.96. The van der Waals surface area contributed by atoms with Gasteiger partial charge in [0.05, 0.1) is 5.56 Å². The molecule has 0 heterocycles. The van der Waals surface area contributed by atoms with Crippen molar-refractivity contribution in [1.29, 1.82) is 0 Å². The zero-order valence-electron chi connectivity index (χ0n) is 11.5. The van der Waals surface area contributed by atoms with Crippen molar-refractivity contribution in [2.24, 2.45) is 0 Å². The Balaban J connectivity index is 2.49. The number of hydrogen-bond donors (Lipinski definition) is 2. The molecule has 0 atom stereocenters. The Labute approximate surface area is 115 Å². The molecule has 2 N–H and O–H groups in total. The SMILES string of the molecule is CC(C)(C)OC(=O)NNCc1cccc(C(F)(F)F)c1. The zero-order valence-corrected chi connectivity index (χ0v) is 11.5. The summed E-state index contributed by atoms with van der Waals surface area (Å²) in [6, 6.07) is 4.85. The van der Waals surface area contributed by atoms with Crippen LogP contribution in [0.25, 0.3) is 0 Å². The highest BCUT2D eigenvalue weighted by atomic mass is 19.4. The van der Waals surface area contributed by atoms with E-state index in [-0.39, 0.29) is 6.54 Å². The minimum Gasteiger partial charge on any atom is -0.443 e. The third-order valence-electron chi connectivity index (χ3n) is 2.14. The van der Waals surface area contributed by atoms with Gasteiger partial charge >= 0.3 is 12.3 Å². The molecule has 0 bridgehead atoms. The summed E-state index contributed by atoms with van der Waals surface area (Å²) in [5.41, 5.74) is 3.80. The number of ether oxygens (including phenoxy) is 1. The molecule has 0 aromatic heterocycles. The van der Waals surface area contributed by atoms with E-state index in [9.17, 15) is 18.0 Å². The number of benzene rings is 1. The summed E-state index contributed by atoms with van der Waals surface area (Å²) >= 11 is 0. The maximum atomic E-state index is 12.5. The Hall–Kier alpha value is -1.76. The highest BCUT2D eigenvalue weighted by Crippen LogP contribution is 2.29. The number of amides is 1. The molecule has 0 aliphatic carbocycles. The zero-order chi connectivity index (χ0) is 15.4. The van der Waals surface area contributed by atoms with Crippen molar-refractivity contribution < 1.29 is 22.7 Å². The summed E-state index contributed by atoms with van der Waals surface area (Å²) < 4.78 is 42.4. The van der Waals surface area contributed by atoms with Crippen molar-refractivity contribution in [1.82, 2.24) is 10.9 Å². The molecule has 0 saturated heterocycles. The Kier molecular flexibility index (Phi) is 4.99. The van der Waals surface area contributed by atoms with E-state index in [0.29, 0.717) is 5.56 Å². The van der Waals surface area contributed by atoms with Gasteiger partial charge in [-0.15, -0.1) is 0 Å². The lowest BCUT2D eigenvalue weighted by atomic mass is 10.1. The number of rotatable bonds is 3. The van der Waals surface area contributed by atoms with Crippen LogP contribution in [0.1, 0.15) is 31.9 Å². The molecule has 0 unspecified atom stereocenters. The summed E-state index contributed by atoms with van der Waals surface area (Å²) in [6.45, 7) is 5.18. The molecule has 1 aromatic carbocycles. The molecule has 0 aliphatic heterocycles. The Morgan fingerprint density at radius 1 is 1.25 bits per heavy atom. The lowest BCUT2D eigenvalue weighted by Crippen LogP contribution is -2.40. The number of hydrazine groups is 1. The average molecular weight is 290 g/mol. The smallest absolute Gasteiger partial charge is 0.422 e. The van der Waals surface area contributed by atoms with Gasteiger partial charge in [-0.05, 0) is 32.4 Å². The predicted molar refractivity (Wildman–Crippen MR) is 67.7 cm³/mol. The van der Waals surface area contributed by atoms with Crippen LogP contribution in [0, 0.1) is 0 Å². The molecule has 7 heteroatoms. The van der Waals surface area contributed by atoms with Gasteiger partial charge in [0.15, 0.2) is 0 Å². The van der Waals surface area contributed by atoms with E-state index in [1.54, 1.807) is 20.8 Å². The first-order valence-corrected chi connectivity index (χ1v) is 5.96. The second kappa shape index (κ2) is 6.13. The Bertz CT molecular complexity index is 467. The molecule has 112 valence electrons. The van der Waals surface area contributed by atoms with Crippen LogP contribution in [0.4, 0.5) is 18.0 Å². The van der Waals surface area contributed by atoms with Gasteiger partial charge in [-0.2, -0.15) is 13.2 Å². The predicted octanol–water partition coefficient (Wildman–Crippen LogP) is 3.23. The van der Waals surface area contributed by atoms with Crippen LogP contribution >= 0.6 is 0 Å². The van der Waals surface area contributed by atoms with Crippen LogP contribution in [-0.4, -0.2) is 11.7 Å². The summed E-state index contributed by atoms with van der Waals surface area (Å²) in [6.07, 6.45) is -5.07. The second-order valence-electron chi connectivity index (χ2n) is 5.18. The topological polar surface area (TPSA) is 50.4 Å². The lowest BCUT2D eigenvalue weighted by Gasteiger charge is -2.19. The van der Waals surface area contributed by atoms with Gasteiger partial charge in [0.25, 0.3) is 0 Å². The van der Waals surface area contributed by atoms with Gasteiger partial charge in [-0.3, -0.25) is 5.43 Å². The molecule has 4 nitrogen and oxygen atoms in total. The average Bonchev–Trinajstić information content (AvgIpc) is 2.25. The normalized spacial score (nSPS) is 12.1. The fraction of sp³-hybridized carbons (Fsp3) is 0.462. The van der Waals surface area contributed by atoms with E-state index >= 15 is 0 Å². The maximum absolute atomic E-state index is 12.5. The Morgan fingerprint density at radius 2 is 1.90 bits per heavy atom. The molecule has 0 aliphatic rings. The highest BCUT2D eigenvalue weighted by Gasteiger charge is 2.30. The van der Waals surface area contributed by atoms with Crippen LogP contribution in [0.2, 0.25) is 0 Å². The molecule has 0 saturated carbocycles. The first kappa shape index (κ1) is 16.3. The molecule has 0 radical (unpaired) electrons. The molecular weight excluding hydrogens is 273 g/mol. The van der Waals surface area contributed by atoms with Gasteiger partial charge < -0.3 is 4.74 Å². The minimum atomic E-state index is -4.38. The molecule has 1 rings (SSSR count). The van der Waals surface area contributed by atoms with Gasteiger partial charge in [0, 0.05) is 6.54 Å². The van der Waals surface area contributed by atoms with Crippen molar-refractivity contribution in [3.8, 4) is 0 Å². The summed E-state index contributed by atoms with van der Waals surface area (Å²) in [4.78, 5) is 11.3. The monoisotopic (exact) mass is 290 g/mol. The second-order valence-corrected chi connectivity index (χ2v) is 5.18. The molecule has 0 spiro atoms. The fourth-order valence-corrected chi connectivity index (χ4v) is 1.38. The standard InChI is InChI=1S/C13H17F3N2O2/c1-12(2,3)20-11(19)18-17-8-9-5-4-6-10(7-9)13(14,15)16/h4-7,17H,8H2,1-3H3,(H,18,19). The van der Waals surface area contributed by atoms with Crippen LogP contribution < -0.4 is 10.9 Å². The third kappa shape index (κ3) is 5.92. The minimum absolute atomic E-state index is 0.0587. The van der Waals surface area contributed by atoms with Gasteiger partial charge in [-0.25, -0.2) is 10.2 Å². The molecule has 0 fully saturated rings. The number of halogens is 3. The van der Waals surface area contributed by atoms with E-state index in [1.807, 2.05) is 0 Å². The van der Waals surface area contributed by atoms with Crippen LogP contribution in [0.3, 0.4) is 0 Å². The van der Waals surface area contributed by atoms with E-state index in [1.165, 1.54) is 12.1 Å². The van der Waals surface area contributed by atoms with E-state index < -0.39 is 23.4 Å². The molecule has 1 aromatic rings. The van der Waals surface area contributed by atoms with Gasteiger partial charge in [0.2, 0.25) is 0 Å². The van der Waals surface area contributed by atoms with Crippen molar-refractivity contribution in [3.63, 3.8) is 0 Å². The molecule has 20 heavy (non-hydrogen) atoms. The van der Waals surface area contributed by atoms with Crippen molar-refractivity contribution in [2.45, 2.75) is 39.1 Å². The number of alkyl halides is 3. The lowest BCUT2D eigenvalue weighted by molar-refractivity contribution is -0.137. The van der Waals surface area contributed by atoms with E-state index in [4.69, 9.17) is 4.74 Å². The molecular formula is C13H17F3N2O2. The van der Waals surface area contributed by atoms with Gasteiger partial charge in [0.1, 0.15) is 5.60 Å². The highest BCUT2D eigenvalue weighted by molar-refractivity contribution is 5.66. The summed E-state index contributed by atoms with van der Waals surface area (Å²) in [5, 5.41) is 0. The van der Waals surface area contributed by atoms with Gasteiger partial charge in [-0.1, -0.05) is 18.2 Å². The summed E-state index contributed by atoms with van der Waals surface area (Å²) in [7, 11) is 0.